The Labute approximate surface area is 102 Å². The van der Waals surface area contributed by atoms with Gasteiger partial charge in [-0.05, 0) is 50.5 Å². The van der Waals surface area contributed by atoms with Crippen LogP contribution in [0.5, 0.6) is 0 Å². The molecule has 1 aliphatic rings. The molecule has 4 unspecified atom stereocenters. The highest BCUT2D eigenvalue weighted by atomic mass is 15.2. The van der Waals surface area contributed by atoms with E-state index in [1.165, 1.54) is 32.4 Å². The third-order valence-corrected chi connectivity index (χ3v) is 4.17. The summed E-state index contributed by atoms with van der Waals surface area (Å²) in [6.07, 6.45) is 3.85. The maximum absolute atomic E-state index is 5.57. The molecule has 0 saturated carbocycles. The Morgan fingerprint density at radius 1 is 1.31 bits per heavy atom. The van der Waals surface area contributed by atoms with Gasteiger partial charge in [0.25, 0.3) is 0 Å². The van der Waals surface area contributed by atoms with Crippen LogP contribution in [0.3, 0.4) is 0 Å². The summed E-state index contributed by atoms with van der Waals surface area (Å²) in [6.45, 7) is 12.9. The van der Waals surface area contributed by atoms with Gasteiger partial charge >= 0.3 is 0 Å². The Hall–Kier alpha value is -0.0800. The second kappa shape index (κ2) is 6.61. The average Bonchev–Trinajstić information content (AvgIpc) is 2.22. The summed E-state index contributed by atoms with van der Waals surface area (Å²) in [7, 11) is 0. The monoisotopic (exact) mass is 226 g/mol. The molecule has 1 rings (SSSR count). The van der Waals surface area contributed by atoms with Crippen LogP contribution in [-0.2, 0) is 0 Å². The highest BCUT2D eigenvalue weighted by Gasteiger charge is 2.29. The molecule has 0 aromatic rings. The average molecular weight is 226 g/mol. The lowest BCUT2D eigenvalue weighted by Crippen LogP contribution is -2.47. The number of piperidine rings is 1. The Kier molecular flexibility index (Phi) is 5.77. The number of hydrogen-bond acceptors (Lipinski definition) is 2. The summed E-state index contributed by atoms with van der Waals surface area (Å²) in [5.74, 6) is 2.52. The zero-order valence-corrected chi connectivity index (χ0v) is 11.6. The van der Waals surface area contributed by atoms with Gasteiger partial charge in [0.05, 0.1) is 0 Å². The molecule has 0 aromatic heterocycles. The lowest BCUT2D eigenvalue weighted by Gasteiger charge is -2.42. The fraction of sp³-hybridized carbons (Fsp3) is 1.00. The van der Waals surface area contributed by atoms with E-state index >= 15 is 0 Å². The summed E-state index contributed by atoms with van der Waals surface area (Å²) in [5.41, 5.74) is 5.57. The fourth-order valence-corrected chi connectivity index (χ4v) is 3.03. The molecule has 0 spiro atoms. The molecule has 96 valence electrons. The Morgan fingerprint density at radius 2 is 2.00 bits per heavy atom. The number of rotatable bonds is 5. The van der Waals surface area contributed by atoms with Crippen LogP contribution in [0.1, 0.15) is 47.0 Å². The zero-order valence-electron chi connectivity index (χ0n) is 11.6. The van der Waals surface area contributed by atoms with Gasteiger partial charge in [-0.1, -0.05) is 20.8 Å². The van der Waals surface area contributed by atoms with Crippen molar-refractivity contribution in [2.75, 3.05) is 19.6 Å². The summed E-state index contributed by atoms with van der Waals surface area (Å²) in [4.78, 5) is 2.69. The number of nitrogens with two attached hydrogens (primary N) is 1. The van der Waals surface area contributed by atoms with Gasteiger partial charge in [-0.15, -0.1) is 0 Å². The van der Waals surface area contributed by atoms with Crippen molar-refractivity contribution in [3.63, 3.8) is 0 Å². The fourth-order valence-electron chi connectivity index (χ4n) is 3.03. The molecule has 4 atom stereocenters. The second-order valence-electron chi connectivity index (χ2n) is 6.05. The van der Waals surface area contributed by atoms with E-state index in [-0.39, 0.29) is 0 Å². The SMILES string of the molecule is CC(CCCN)CN1CC(C)CC(C)C1C. The Bertz CT molecular complexity index is 193. The predicted octanol–water partition coefficient (Wildman–Crippen LogP) is 2.73. The molecule has 1 aliphatic heterocycles. The molecule has 2 nitrogen and oxygen atoms in total. The molecular weight excluding hydrogens is 196 g/mol. The maximum atomic E-state index is 5.57. The van der Waals surface area contributed by atoms with Crippen LogP contribution < -0.4 is 5.73 Å². The van der Waals surface area contributed by atoms with Gasteiger partial charge in [-0.25, -0.2) is 0 Å². The molecular formula is C14H30N2. The molecule has 1 fully saturated rings. The van der Waals surface area contributed by atoms with Crippen LogP contribution in [-0.4, -0.2) is 30.6 Å². The molecule has 0 radical (unpaired) electrons. The van der Waals surface area contributed by atoms with Crippen molar-refractivity contribution < 1.29 is 0 Å². The van der Waals surface area contributed by atoms with Crippen molar-refractivity contribution in [1.29, 1.82) is 0 Å². The van der Waals surface area contributed by atoms with Crippen molar-refractivity contribution in [3.8, 4) is 0 Å². The molecule has 0 aliphatic carbocycles. The minimum atomic E-state index is 0.761. The van der Waals surface area contributed by atoms with E-state index in [9.17, 15) is 0 Å². The van der Waals surface area contributed by atoms with Gasteiger partial charge in [0.1, 0.15) is 0 Å². The topological polar surface area (TPSA) is 29.3 Å². The first-order chi connectivity index (χ1) is 7.54. The molecule has 2 N–H and O–H groups in total. The number of nitrogens with zero attached hydrogens (tertiary/aromatic N) is 1. The van der Waals surface area contributed by atoms with Crippen LogP contribution in [0.25, 0.3) is 0 Å². The normalized spacial score (nSPS) is 33.9. The maximum Gasteiger partial charge on any atom is 0.00928 e. The molecule has 1 saturated heterocycles. The van der Waals surface area contributed by atoms with E-state index in [1.807, 2.05) is 0 Å². The quantitative estimate of drug-likeness (QED) is 0.781. The minimum Gasteiger partial charge on any atom is -0.330 e. The van der Waals surface area contributed by atoms with E-state index in [2.05, 4.69) is 32.6 Å². The summed E-state index contributed by atoms with van der Waals surface area (Å²) in [5, 5.41) is 0. The van der Waals surface area contributed by atoms with Crippen LogP contribution in [0.4, 0.5) is 0 Å². The van der Waals surface area contributed by atoms with Crippen LogP contribution >= 0.6 is 0 Å². The lowest BCUT2D eigenvalue weighted by atomic mass is 9.85. The third-order valence-electron chi connectivity index (χ3n) is 4.17. The number of hydrogen-bond donors (Lipinski definition) is 1. The van der Waals surface area contributed by atoms with Gasteiger partial charge < -0.3 is 5.73 Å². The van der Waals surface area contributed by atoms with E-state index in [4.69, 9.17) is 5.73 Å². The van der Waals surface area contributed by atoms with E-state index < -0.39 is 0 Å². The predicted molar refractivity (Wildman–Crippen MR) is 71.4 cm³/mol. The Balaban J connectivity index is 2.39. The van der Waals surface area contributed by atoms with E-state index in [1.54, 1.807) is 0 Å². The zero-order chi connectivity index (χ0) is 12.1. The second-order valence-corrected chi connectivity index (χ2v) is 6.05. The highest BCUT2D eigenvalue weighted by Crippen LogP contribution is 2.27. The molecule has 1 heterocycles. The molecule has 0 amide bonds. The van der Waals surface area contributed by atoms with Gasteiger partial charge in [0, 0.05) is 19.1 Å². The first kappa shape index (κ1) is 14.0. The van der Waals surface area contributed by atoms with Crippen LogP contribution in [0.15, 0.2) is 0 Å². The summed E-state index contributed by atoms with van der Waals surface area (Å²) in [6, 6.07) is 0.761. The van der Waals surface area contributed by atoms with Gasteiger partial charge in [-0.2, -0.15) is 0 Å². The first-order valence-corrected chi connectivity index (χ1v) is 6.98. The van der Waals surface area contributed by atoms with Gasteiger partial charge in [-0.3, -0.25) is 4.90 Å². The van der Waals surface area contributed by atoms with Crippen molar-refractivity contribution in [3.05, 3.63) is 0 Å². The third kappa shape index (κ3) is 4.06. The van der Waals surface area contributed by atoms with E-state index in [0.29, 0.717) is 0 Å². The first-order valence-electron chi connectivity index (χ1n) is 6.98. The van der Waals surface area contributed by atoms with Crippen molar-refractivity contribution >= 4 is 0 Å². The molecule has 0 aromatic carbocycles. The smallest absolute Gasteiger partial charge is 0.00928 e. The number of likely N-dealkylation sites (tertiary alicyclic amines) is 1. The lowest BCUT2D eigenvalue weighted by molar-refractivity contribution is 0.0656. The summed E-state index contributed by atoms with van der Waals surface area (Å²) < 4.78 is 0. The molecule has 16 heavy (non-hydrogen) atoms. The largest absolute Gasteiger partial charge is 0.330 e. The minimum absolute atomic E-state index is 0.761. The van der Waals surface area contributed by atoms with Crippen molar-refractivity contribution in [1.82, 2.24) is 4.90 Å². The van der Waals surface area contributed by atoms with Gasteiger partial charge in [0.15, 0.2) is 0 Å². The standard InChI is InChI=1S/C14H30N2/c1-11(6-5-7-15)9-16-10-12(2)8-13(3)14(16)4/h11-14H,5-10,15H2,1-4H3. The highest BCUT2D eigenvalue weighted by molar-refractivity contribution is 4.82. The van der Waals surface area contributed by atoms with Crippen LogP contribution in [0, 0.1) is 17.8 Å². The Morgan fingerprint density at radius 3 is 2.62 bits per heavy atom. The van der Waals surface area contributed by atoms with Gasteiger partial charge in [0.2, 0.25) is 0 Å². The molecule has 0 bridgehead atoms. The molecule has 2 heteroatoms. The van der Waals surface area contributed by atoms with Crippen LogP contribution in [0.2, 0.25) is 0 Å². The van der Waals surface area contributed by atoms with E-state index in [0.717, 1.165) is 30.3 Å². The van der Waals surface area contributed by atoms with Crippen molar-refractivity contribution in [2.45, 2.75) is 53.0 Å². The van der Waals surface area contributed by atoms with Crippen molar-refractivity contribution in [2.24, 2.45) is 23.5 Å². The summed E-state index contributed by atoms with van der Waals surface area (Å²) >= 11 is 0.